The number of hydrogen-bond acceptors (Lipinski definition) is 3. The zero-order valence-corrected chi connectivity index (χ0v) is 18.3. The van der Waals surface area contributed by atoms with Gasteiger partial charge in [-0.15, -0.1) is 0 Å². The van der Waals surface area contributed by atoms with Crippen LogP contribution in [0.4, 0.5) is 0 Å². The quantitative estimate of drug-likeness (QED) is 0.457. The zero-order valence-electron chi connectivity index (χ0n) is 18.3. The van der Waals surface area contributed by atoms with Crippen LogP contribution in [0.2, 0.25) is 0 Å². The summed E-state index contributed by atoms with van der Waals surface area (Å²) in [5.74, 6) is 1.60. The second kappa shape index (κ2) is 11.8. The van der Waals surface area contributed by atoms with Crippen LogP contribution < -0.4 is 14.8 Å². The summed E-state index contributed by atoms with van der Waals surface area (Å²) in [6.45, 7) is 5.67. The van der Waals surface area contributed by atoms with E-state index < -0.39 is 0 Å². The first-order valence-corrected chi connectivity index (χ1v) is 11.0. The lowest BCUT2D eigenvalue weighted by Gasteiger charge is -2.18. The molecule has 0 aromatic heterocycles. The van der Waals surface area contributed by atoms with Crippen LogP contribution in [0.3, 0.4) is 0 Å². The Balaban J connectivity index is 1.60. The van der Waals surface area contributed by atoms with Crippen molar-refractivity contribution in [2.75, 3.05) is 19.8 Å². The van der Waals surface area contributed by atoms with Gasteiger partial charge >= 0.3 is 0 Å². The summed E-state index contributed by atoms with van der Waals surface area (Å²) in [6.07, 6.45) is 1.15. The van der Waals surface area contributed by atoms with Gasteiger partial charge < -0.3 is 14.8 Å². The van der Waals surface area contributed by atoms with Crippen LogP contribution in [-0.2, 0) is 11.2 Å². The van der Waals surface area contributed by atoms with Gasteiger partial charge in [-0.2, -0.15) is 0 Å². The molecule has 31 heavy (non-hydrogen) atoms. The van der Waals surface area contributed by atoms with Crippen molar-refractivity contribution in [1.82, 2.24) is 5.32 Å². The van der Waals surface area contributed by atoms with Gasteiger partial charge in [0.15, 0.2) is 11.5 Å². The molecule has 0 saturated heterocycles. The molecule has 162 valence electrons. The second-order valence-electron chi connectivity index (χ2n) is 7.33. The standard InChI is InChI=1S/C27H31NO3/c1-3-30-25-16-15-21(19-26(25)31-4-2)17-18-28-27(29)20-24(22-11-7-5-8-12-22)23-13-9-6-10-14-23/h5-16,19,24H,3-4,17-18,20H2,1-2H3,(H,28,29). The third-order valence-corrected chi connectivity index (χ3v) is 5.14. The van der Waals surface area contributed by atoms with Gasteiger partial charge in [-0.3, -0.25) is 4.79 Å². The minimum Gasteiger partial charge on any atom is -0.490 e. The molecule has 3 aromatic carbocycles. The van der Waals surface area contributed by atoms with E-state index in [-0.39, 0.29) is 11.8 Å². The van der Waals surface area contributed by atoms with E-state index in [1.807, 2.05) is 68.4 Å². The number of carbonyl (C=O) groups excluding carboxylic acids is 1. The van der Waals surface area contributed by atoms with Crippen LogP contribution in [0, 0.1) is 0 Å². The number of hydrogen-bond donors (Lipinski definition) is 1. The maximum Gasteiger partial charge on any atom is 0.220 e. The van der Waals surface area contributed by atoms with Gasteiger partial charge in [0.25, 0.3) is 0 Å². The maximum absolute atomic E-state index is 12.7. The average molecular weight is 418 g/mol. The molecule has 0 heterocycles. The first-order chi connectivity index (χ1) is 15.2. The molecule has 0 fully saturated rings. The van der Waals surface area contributed by atoms with E-state index in [9.17, 15) is 4.79 Å². The van der Waals surface area contributed by atoms with Crippen LogP contribution >= 0.6 is 0 Å². The van der Waals surface area contributed by atoms with E-state index in [1.165, 1.54) is 0 Å². The molecule has 0 unspecified atom stereocenters. The van der Waals surface area contributed by atoms with E-state index in [2.05, 4.69) is 29.6 Å². The summed E-state index contributed by atoms with van der Waals surface area (Å²) in [7, 11) is 0. The topological polar surface area (TPSA) is 47.6 Å². The van der Waals surface area contributed by atoms with Gasteiger partial charge in [-0.25, -0.2) is 0 Å². The monoisotopic (exact) mass is 417 g/mol. The van der Waals surface area contributed by atoms with Crippen molar-refractivity contribution < 1.29 is 14.3 Å². The van der Waals surface area contributed by atoms with Crippen molar-refractivity contribution in [2.24, 2.45) is 0 Å². The molecule has 3 rings (SSSR count). The van der Waals surface area contributed by atoms with Crippen molar-refractivity contribution in [3.63, 3.8) is 0 Å². The minimum absolute atomic E-state index is 0.0393. The predicted octanol–water partition coefficient (Wildman–Crippen LogP) is 5.36. The van der Waals surface area contributed by atoms with Crippen LogP contribution in [0.25, 0.3) is 0 Å². The SMILES string of the molecule is CCOc1ccc(CCNC(=O)CC(c2ccccc2)c2ccccc2)cc1OCC. The van der Waals surface area contributed by atoms with Crippen molar-refractivity contribution in [1.29, 1.82) is 0 Å². The Labute approximate surface area is 185 Å². The molecule has 0 aliphatic heterocycles. The number of nitrogens with one attached hydrogen (secondary N) is 1. The van der Waals surface area contributed by atoms with E-state index in [1.54, 1.807) is 0 Å². The third kappa shape index (κ3) is 6.61. The van der Waals surface area contributed by atoms with Gasteiger partial charge in [0, 0.05) is 18.9 Å². The highest BCUT2D eigenvalue weighted by Gasteiger charge is 2.18. The molecule has 1 amide bonds. The summed E-state index contributed by atoms with van der Waals surface area (Å²) in [5.41, 5.74) is 3.41. The van der Waals surface area contributed by atoms with E-state index >= 15 is 0 Å². The number of amides is 1. The van der Waals surface area contributed by atoms with E-state index in [4.69, 9.17) is 9.47 Å². The molecule has 0 spiro atoms. The van der Waals surface area contributed by atoms with Gasteiger partial charge in [0.1, 0.15) is 0 Å². The van der Waals surface area contributed by atoms with Gasteiger partial charge in [-0.05, 0) is 49.1 Å². The Hall–Kier alpha value is -3.27. The lowest BCUT2D eigenvalue weighted by molar-refractivity contribution is -0.121. The third-order valence-electron chi connectivity index (χ3n) is 5.14. The van der Waals surface area contributed by atoms with Crippen LogP contribution in [0.1, 0.15) is 42.9 Å². The van der Waals surface area contributed by atoms with E-state index in [0.717, 1.165) is 34.6 Å². The molecule has 4 nitrogen and oxygen atoms in total. The number of rotatable bonds is 11. The van der Waals surface area contributed by atoms with Crippen LogP contribution in [0.5, 0.6) is 11.5 Å². The van der Waals surface area contributed by atoms with Gasteiger partial charge in [0.2, 0.25) is 5.91 Å². The summed E-state index contributed by atoms with van der Waals surface area (Å²) < 4.78 is 11.3. The van der Waals surface area contributed by atoms with Gasteiger partial charge in [0.05, 0.1) is 13.2 Å². The summed E-state index contributed by atoms with van der Waals surface area (Å²) in [4.78, 5) is 12.7. The Morgan fingerprint density at radius 3 is 1.97 bits per heavy atom. The summed E-state index contributed by atoms with van der Waals surface area (Å²) in [6, 6.07) is 26.4. The first-order valence-electron chi connectivity index (χ1n) is 11.0. The second-order valence-corrected chi connectivity index (χ2v) is 7.33. The normalized spacial score (nSPS) is 10.7. The fourth-order valence-corrected chi connectivity index (χ4v) is 3.65. The average Bonchev–Trinajstić information content (AvgIpc) is 2.80. The zero-order chi connectivity index (χ0) is 21.9. The van der Waals surface area contributed by atoms with E-state index in [0.29, 0.717) is 26.2 Å². The molecule has 1 N–H and O–H groups in total. The maximum atomic E-state index is 12.7. The number of ether oxygens (including phenoxy) is 2. The van der Waals surface area contributed by atoms with Crippen molar-refractivity contribution >= 4 is 5.91 Å². The fourth-order valence-electron chi connectivity index (χ4n) is 3.65. The molecule has 0 bridgehead atoms. The first kappa shape index (κ1) is 22.4. The lowest BCUT2D eigenvalue weighted by atomic mass is 9.88. The molecular weight excluding hydrogens is 386 g/mol. The molecular formula is C27H31NO3. The largest absolute Gasteiger partial charge is 0.490 e. The van der Waals surface area contributed by atoms with Crippen molar-refractivity contribution in [3.8, 4) is 11.5 Å². The van der Waals surface area contributed by atoms with Gasteiger partial charge in [-0.1, -0.05) is 66.7 Å². The number of benzene rings is 3. The molecule has 4 heteroatoms. The summed E-state index contributed by atoms with van der Waals surface area (Å²) >= 11 is 0. The Morgan fingerprint density at radius 1 is 0.806 bits per heavy atom. The molecule has 0 aliphatic rings. The number of carbonyl (C=O) groups is 1. The smallest absolute Gasteiger partial charge is 0.220 e. The molecule has 3 aromatic rings. The molecule has 0 saturated carbocycles. The molecule has 0 atom stereocenters. The fraction of sp³-hybridized carbons (Fsp3) is 0.296. The highest BCUT2D eigenvalue weighted by Crippen LogP contribution is 2.29. The van der Waals surface area contributed by atoms with Crippen LogP contribution in [0.15, 0.2) is 78.9 Å². The molecule has 0 radical (unpaired) electrons. The summed E-state index contributed by atoms with van der Waals surface area (Å²) in [5, 5.41) is 3.08. The Bertz CT molecular complexity index is 902. The minimum atomic E-state index is 0.0393. The highest BCUT2D eigenvalue weighted by molar-refractivity contribution is 5.77. The van der Waals surface area contributed by atoms with Crippen molar-refractivity contribution in [3.05, 3.63) is 95.6 Å². The lowest BCUT2D eigenvalue weighted by Crippen LogP contribution is -2.27. The Kier molecular flexibility index (Phi) is 8.53. The predicted molar refractivity (Wildman–Crippen MR) is 125 cm³/mol. The van der Waals surface area contributed by atoms with Crippen LogP contribution in [-0.4, -0.2) is 25.7 Å². The highest BCUT2D eigenvalue weighted by atomic mass is 16.5. The van der Waals surface area contributed by atoms with Crippen molar-refractivity contribution in [2.45, 2.75) is 32.6 Å². The molecule has 0 aliphatic carbocycles. The Morgan fingerprint density at radius 2 is 1.39 bits per heavy atom.